The van der Waals surface area contributed by atoms with E-state index in [9.17, 15) is 13.2 Å². The van der Waals surface area contributed by atoms with Crippen molar-refractivity contribution in [1.82, 2.24) is 14.9 Å². The molecular formula is C12H17F3N4. The number of rotatable bonds is 2. The molecule has 0 aliphatic carbocycles. The van der Waals surface area contributed by atoms with Crippen LogP contribution in [-0.2, 0) is 6.18 Å². The second-order valence-corrected chi connectivity index (χ2v) is 4.95. The van der Waals surface area contributed by atoms with Crippen LogP contribution < -0.4 is 4.90 Å². The highest BCUT2D eigenvalue weighted by molar-refractivity contribution is 5.32. The van der Waals surface area contributed by atoms with Crippen molar-refractivity contribution < 1.29 is 13.2 Å². The smallest absolute Gasteiger partial charge is 0.339 e. The lowest BCUT2D eigenvalue weighted by atomic mass is 10.1. The first-order valence-electron chi connectivity index (χ1n) is 6.19. The standard InChI is InChI=1S/C12H17F3N4/c1-18(2)9-4-3-7-19(8-9)11-16-6-5-10(17-11)12(13,14)15/h5-6,9H,3-4,7-8H2,1-2H3. The van der Waals surface area contributed by atoms with Gasteiger partial charge in [0.25, 0.3) is 0 Å². The molecule has 0 saturated carbocycles. The van der Waals surface area contributed by atoms with Crippen LogP contribution in [0.1, 0.15) is 18.5 Å². The molecule has 0 radical (unpaired) electrons. The Kier molecular flexibility index (Phi) is 3.93. The van der Waals surface area contributed by atoms with Crippen LogP contribution in [0.5, 0.6) is 0 Å². The Morgan fingerprint density at radius 1 is 1.37 bits per heavy atom. The van der Waals surface area contributed by atoms with E-state index in [2.05, 4.69) is 14.9 Å². The zero-order valence-corrected chi connectivity index (χ0v) is 11.0. The number of halogens is 3. The fourth-order valence-corrected chi connectivity index (χ4v) is 2.22. The summed E-state index contributed by atoms with van der Waals surface area (Å²) in [6.45, 7) is 1.36. The Labute approximate surface area is 110 Å². The molecule has 0 aromatic carbocycles. The van der Waals surface area contributed by atoms with Gasteiger partial charge >= 0.3 is 6.18 Å². The van der Waals surface area contributed by atoms with Crippen molar-refractivity contribution in [3.8, 4) is 0 Å². The van der Waals surface area contributed by atoms with Crippen LogP contribution in [0.15, 0.2) is 12.3 Å². The number of piperidine rings is 1. The minimum Gasteiger partial charge on any atom is -0.339 e. The molecule has 2 rings (SSSR count). The molecule has 0 N–H and O–H groups in total. The van der Waals surface area contributed by atoms with Crippen LogP contribution in [0.25, 0.3) is 0 Å². The number of hydrogen-bond donors (Lipinski definition) is 0. The van der Waals surface area contributed by atoms with Gasteiger partial charge in [-0.1, -0.05) is 0 Å². The van der Waals surface area contributed by atoms with Crippen molar-refractivity contribution in [2.45, 2.75) is 25.1 Å². The number of anilines is 1. The maximum atomic E-state index is 12.6. The molecular weight excluding hydrogens is 257 g/mol. The highest BCUT2D eigenvalue weighted by Crippen LogP contribution is 2.28. The van der Waals surface area contributed by atoms with Gasteiger partial charge in [0.1, 0.15) is 5.69 Å². The van der Waals surface area contributed by atoms with Crippen LogP contribution in [0, 0.1) is 0 Å². The first kappa shape index (κ1) is 14.0. The number of nitrogens with zero attached hydrogens (tertiary/aromatic N) is 4. The van der Waals surface area contributed by atoms with Crippen molar-refractivity contribution >= 4 is 5.95 Å². The largest absolute Gasteiger partial charge is 0.433 e. The fraction of sp³-hybridized carbons (Fsp3) is 0.667. The minimum atomic E-state index is -4.42. The van der Waals surface area contributed by atoms with E-state index >= 15 is 0 Å². The van der Waals surface area contributed by atoms with Crippen LogP contribution in [-0.4, -0.2) is 48.1 Å². The monoisotopic (exact) mass is 274 g/mol. The van der Waals surface area contributed by atoms with Crippen molar-refractivity contribution in [3.63, 3.8) is 0 Å². The van der Waals surface area contributed by atoms with E-state index in [1.807, 2.05) is 19.0 Å². The number of aromatic nitrogens is 2. The molecule has 1 aromatic rings. The van der Waals surface area contributed by atoms with E-state index in [4.69, 9.17) is 0 Å². The second-order valence-electron chi connectivity index (χ2n) is 4.95. The normalized spacial score (nSPS) is 20.9. The van der Waals surface area contributed by atoms with Crippen molar-refractivity contribution in [3.05, 3.63) is 18.0 Å². The molecule has 0 spiro atoms. The predicted octanol–water partition coefficient (Wildman–Crippen LogP) is 2.03. The molecule has 1 unspecified atom stereocenters. The molecule has 1 aliphatic rings. The summed E-state index contributed by atoms with van der Waals surface area (Å²) in [6.07, 6.45) is -1.27. The first-order chi connectivity index (χ1) is 8.88. The summed E-state index contributed by atoms with van der Waals surface area (Å²) in [7, 11) is 3.95. The molecule has 1 fully saturated rings. The lowest BCUT2D eigenvalue weighted by Crippen LogP contribution is -2.45. The van der Waals surface area contributed by atoms with Gasteiger partial charge in [0, 0.05) is 25.3 Å². The number of hydrogen-bond acceptors (Lipinski definition) is 4. The van der Waals surface area contributed by atoms with Gasteiger partial charge in [0.15, 0.2) is 0 Å². The Hall–Kier alpha value is -1.37. The molecule has 4 nitrogen and oxygen atoms in total. The average molecular weight is 274 g/mol. The van der Waals surface area contributed by atoms with E-state index < -0.39 is 11.9 Å². The van der Waals surface area contributed by atoms with Gasteiger partial charge in [0.2, 0.25) is 5.95 Å². The minimum absolute atomic E-state index is 0.168. The maximum Gasteiger partial charge on any atom is 0.433 e. The van der Waals surface area contributed by atoms with Gasteiger partial charge in [0.05, 0.1) is 0 Å². The SMILES string of the molecule is CN(C)C1CCCN(c2nccc(C(F)(F)F)n2)C1. The number of likely N-dealkylation sites (N-methyl/N-ethyl adjacent to an activating group) is 1. The third-order valence-corrected chi connectivity index (χ3v) is 3.34. The van der Waals surface area contributed by atoms with Gasteiger partial charge in [-0.3, -0.25) is 0 Å². The van der Waals surface area contributed by atoms with Crippen LogP contribution in [0.3, 0.4) is 0 Å². The zero-order valence-electron chi connectivity index (χ0n) is 11.0. The Morgan fingerprint density at radius 2 is 2.11 bits per heavy atom. The van der Waals surface area contributed by atoms with E-state index in [1.165, 1.54) is 6.20 Å². The summed E-state index contributed by atoms with van der Waals surface area (Å²) in [4.78, 5) is 11.5. The van der Waals surface area contributed by atoms with E-state index in [-0.39, 0.29) is 5.95 Å². The van der Waals surface area contributed by atoms with Crippen LogP contribution in [0.2, 0.25) is 0 Å². The van der Waals surface area contributed by atoms with Gasteiger partial charge in [-0.05, 0) is 33.0 Å². The second kappa shape index (κ2) is 5.32. The predicted molar refractivity (Wildman–Crippen MR) is 66.0 cm³/mol. The summed E-state index contributed by atoms with van der Waals surface area (Å²) in [6, 6.07) is 1.23. The third-order valence-electron chi connectivity index (χ3n) is 3.34. The maximum absolute atomic E-state index is 12.6. The van der Waals surface area contributed by atoms with Crippen LogP contribution in [0.4, 0.5) is 19.1 Å². The van der Waals surface area contributed by atoms with Gasteiger partial charge in [-0.2, -0.15) is 13.2 Å². The summed E-state index contributed by atoms with van der Waals surface area (Å²) in [5, 5.41) is 0. The Balaban J connectivity index is 2.17. The highest BCUT2D eigenvalue weighted by atomic mass is 19.4. The molecule has 19 heavy (non-hydrogen) atoms. The molecule has 0 amide bonds. The van der Waals surface area contributed by atoms with E-state index in [1.54, 1.807) is 0 Å². The quantitative estimate of drug-likeness (QED) is 0.826. The summed E-state index contributed by atoms with van der Waals surface area (Å²) < 4.78 is 37.9. The van der Waals surface area contributed by atoms with Crippen molar-refractivity contribution in [2.75, 3.05) is 32.1 Å². The molecule has 106 valence electrons. The summed E-state index contributed by atoms with van der Waals surface area (Å²) in [5.74, 6) is 0.168. The topological polar surface area (TPSA) is 32.3 Å². The summed E-state index contributed by atoms with van der Waals surface area (Å²) in [5.41, 5.74) is -0.885. The average Bonchev–Trinajstić information content (AvgIpc) is 2.38. The lowest BCUT2D eigenvalue weighted by Gasteiger charge is -2.36. The highest BCUT2D eigenvalue weighted by Gasteiger charge is 2.33. The van der Waals surface area contributed by atoms with Crippen LogP contribution >= 0.6 is 0 Å². The van der Waals surface area contributed by atoms with Gasteiger partial charge in [-0.15, -0.1) is 0 Å². The number of alkyl halides is 3. The van der Waals surface area contributed by atoms with E-state index in [0.29, 0.717) is 19.1 Å². The molecule has 7 heteroatoms. The summed E-state index contributed by atoms with van der Waals surface area (Å²) >= 11 is 0. The molecule has 0 bridgehead atoms. The Morgan fingerprint density at radius 3 is 2.74 bits per heavy atom. The van der Waals surface area contributed by atoms with Gasteiger partial charge in [-0.25, -0.2) is 9.97 Å². The molecule has 1 aliphatic heterocycles. The fourth-order valence-electron chi connectivity index (χ4n) is 2.22. The lowest BCUT2D eigenvalue weighted by molar-refractivity contribution is -0.141. The molecule has 1 saturated heterocycles. The van der Waals surface area contributed by atoms with Crippen molar-refractivity contribution in [2.24, 2.45) is 0 Å². The Bertz CT molecular complexity index is 433. The first-order valence-corrected chi connectivity index (χ1v) is 6.19. The zero-order chi connectivity index (χ0) is 14.0. The molecule has 2 heterocycles. The van der Waals surface area contributed by atoms with Crippen molar-refractivity contribution in [1.29, 1.82) is 0 Å². The molecule has 1 atom stereocenters. The van der Waals surface area contributed by atoms with Gasteiger partial charge < -0.3 is 9.80 Å². The van der Waals surface area contributed by atoms with E-state index in [0.717, 1.165) is 18.9 Å². The third kappa shape index (κ3) is 3.34. The molecule has 1 aromatic heterocycles.